The Morgan fingerprint density at radius 1 is 0.379 bits per heavy atom. The predicted molar refractivity (Wildman–Crippen MR) is 125 cm³/mol. The van der Waals surface area contributed by atoms with E-state index in [1.165, 1.54) is 38.5 Å². The van der Waals surface area contributed by atoms with E-state index < -0.39 is 0 Å². The molecular formula is C25H54O4. The van der Waals surface area contributed by atoms with E-state index in [1.807, 2.05) is 0 Å². The van der Waals surface area contributed by atoms with Crippen LogP contribution in [0.1, 0.15) is 124 Å². The van der Waals surface area contributed by atoms with Crippen molar-refractivity contribution in [1.29, 1.82) is 0 Å². The Labute approximate surface area is 182 Å². The zero-order chi connectivity index (χ0) is 22.4. The van der Waals surface area contributed by atoms with Crippen molar-refractivity contribution in [1.82, 2.24) is 0 Å². The summed E-state index contributed by atoms with van der Waals surface area (Å²) in [6.07, 6.45) is 16.8. The lowest BCUT2D eigenvalue weighted by atomic mass is 9.79. The molecule has 0 atom stereocenters. The normalized spacial score (nSPS) is 12.0. The lowest BCUT2D eigenvalue weighted by Crippen LogP contribution is -2.29. The van der Waals surface area contributed by atoms with Gasteiger partial charge in [-0.3, -0.25) is 0 Å². The molecule has 0 saturated heterocycles. The fraction of sp³-hybridized carbons (Fsp3) is 1.00. The number of aliphatic hydroxyl groups is 4. The van der Waals surface area contributed by atoms with E-state index in [4.69, 9.17) is 0 Å². The SMILES string of the molecule is CCCCC(CO)(CO)CCC.CCCCCCC(CO)(CO)CCCCCC. The summed E-state index contributed by atoms with van der Waals surface area (Å²) >= 11 is 0. The summed E-state index contributed by atoms with van der Waals surface area (Å²) in [7, 11) is 0. The second-order valence-electron chi connectivity index (χ2n) is 9.11. The molecule has 0 aromatic heterocycles. The van der Waals surface area contributed by atoms with Crippen LogP contribution >= 0.6 is 0 Å². The van der Waals surface area contributed by atoms with Gasteiger partial charge in [-0.1, -0.05) is 98.3 Å². The van der Waals surface area contributed by atoms with E-state index in [1.54, 1.807) is 0 Å². The average molecular weight is 419 g/mol. The van der Waals surface area contributed by atoms with Crippen LogP contribution in [0.3, 0.4) is 0 Å². The average Bonchev–Trinajstić information content (AvgIpc) is 2.76. The minimum Gasteiger partial charge on any atom is -0.396 e. The lowest BCUT2D eigenvalue weighted by molar-refractivity contribution is 0.0353. The van der Waals surface area contributed by atoms with Crippen LogP contribution in [0.4, 0.5) is 0 Å². The summed E-state index contributed by atoms with van der Waals surface area (Å²) in [5, 5.41) is 37.4. The van der Waals surface area contributed by atoms with Crippen molar-refractivity contribution in [3.05, 3.63) is 0 Å². The molecule has 0 aromatic rings. The number of hydrogen-bond acceptors (Lipinski definition) is 4. The van der Waals surface area contributed by atoms with Gasteiger partial charge in [0.15, 0.2) is 0 Å². The van der Waals surface area contributed by atoms with Crippen molar-refractivity contribution in [2.75, 3.05) is 26.4 Å². The summed E-state index contributed by atoms with van der Waals surface area (Å²) in [5.74, 6) is 0. The van der Waals surface area contributed by atoms with E-state index in [2.05, 4.69) is 27.7 Å². The molecule has 0 fully saturated rings. The standard InChI is InChI=1S/C15H32O2.C10H22O2/c1-3-5-7-9-11-15(13-16,14-17)12-10-8-6-4-2;1-3-5-7-10(8-11,9-12)6-4-2/h16-17H,3-14H2,1-2H3;11-12H,3-9H2,1-2H3. The summed E-state index contributed by atoms with van der Waals surface area (Å²) in [4.78, 5) is 0. The van der Waals surface area contributed by atoms with Crippen molar-refractivity contribution >= 4 is 0 Å². The van der Waals surface area contributed by atoms with Gasteiger partial charge in [0.25, 0.3) is 0 Å². The van der Waals surface area contributed by atoms with E-state index in [-0.39, 0.29) is 37.3 Å². The Morgan fingerprint density at radius 3 is 1.03 bits per heavy atom. The van der Waals surface area contributed by atoms with Crippen LogP contribution in [0.25, 0.3) is 0 Å². The molecule has 4 heteroatoms. The zero-order valence-corrected chi connectivity index (χ0v) is 20.2. The molecule has 4 nitrogen and oxygen atoms in total. The molecular weight excluding hydrogens is 364 g/mol. The molecule has 0 aliphatic heterocycles. The minimum atomic E-state index is -0.207. The molecule has 0 unspecified atom stereocenters. The van der Waals surface area contributed by atoms with Gasteiger partial charge in [-0.2, -0.15) is 0 Å². The Bertz CT molecular complexity index is 298. The Hall–Kier alpha value is -0.160. The number of hydrogen-bond donors (Lipinski definition) is 4. The zero-order valence-electron chi connectivity index (χ0n) is 20.2. The Balaban J connectivity index is 0. The van der Waals surface area contributed by atoms with Gasteiger partial charge in [-0.15, -0.1) is 0 Å². The highest BCUT2D eigenvalue weighted by atomic mass is 16.3. The van der Waals surface area contributed by atoms with Crippen molar-refractivity contribution < 1.29 is 20.4 Å². The van der Waals surface area contributed by atoms with Gasteiger partial charge in [0.05, 0.1) is 26.4 Å². The van der Waals surface area contributed by atoms with Crippen molar-refractivity contribution in [3.63, 3.8) is 0 Å². The molecule has 0 heterocycles. The maximum atomic E-state index is 9.53. The molecule has 0 spiro atoms. The molecule has 29 heavy (non-hydrogen) atoms. The van der Waals surface area contributed by atoms with Crippen LogP contribution in [0, 0.1) is 10.8 Å². The largest absolute Gasteiger partial charge is 0.396 e. The molecule has 0 aliphatic rings. The van der Waals surface area contributed by atoms with Crippen molar-refractivity contribution in [2.45, 2.75) is 124 Å². The van der Waals surface area contributed by atoms with Gasteiger partial charge in [0, 0.05) is 10.8 Å². The third kappa shape index (κ3) is 15.3. The van der Waals surface area contributed by atoms with Gasteiger partial charge in [0.1, 0.15) is 0 Å². The van der Waals surface area contributed by atoms with E-state index in [0.29, 0.717) is 0 Å². The number of aliphatic hydroxyl groups excluding tert-OH is 4. The van der Waals surface area contributed by atoms with Gasteiger partial charge in [-0.05, 0) is 25.7 Å². The topological polar surface area (TPSA) is 80.9 Å². The van der Waals surface area contributed by atoms with Crippen molar-refractivity contribution in [3.8, 4) is 0 Å². The highest BCUT2D eigenvalue weighted by molar-refractivity contribution is 4.78. The lowest BCUT2D eigenvalue weighted by Gasteiger charge is -2.30. The maximum absolute atomic E-state index is 9.53. The first-order chi connectivity index (χ1) is 14.0. The number of unbranched alkanes of at least 4 members (excludes halogenated alkanes) is 7. The van der Waals surface area contributed by atoms with Crippen LogP contribution in [-0.4, -0.2) is 46.9 Å². The van der Waals surface area contributed by atoms with Gasteiger partial charge >= 0.3 is 0 Å². The van der Waals surface area contributed by atoms with Gasteiger partial charge in [-0.25, -0.2) is 0 Å². The van der Waals surface area contributed by atoms with Crippen molar-refractivity contribution in [2.24, 2.45) is 10.8 Å². The fourth-order valence-electron chi connectivity index (χ4n) is 3.92. The molecule has 0 saturated carbocycles. The molecule has 178 valence electrons. The first-order valence-corrected chi connectivity index (χ1v) is 12.4. The Morgan fingerprint density at radius 2 is 0.724 bits per heavy atom. The highest BCUT2D eigenvalue weighted by Crippen LogP contribution is 2.31. The van der Waals surface area contributed by atoms with Crippen LogP contribution in [0.2, 0.25) is 0 Å². The summed E-state index contributed by atoms with van der Waals surface area (Å²) in [6, 6.07) is 0. The predicted octanol–water partition coefficient (Wildman–Crippen LogP) is 5.85. The summed E-state index contributed by atoms with van der Waals surface area (Å²) < 4.78 is 0. The molecule has 0 rings (SSSR count). The smallest absolute Gasteiger partial charge is 0.0509 e. The van der Waals surface area contributed by atoms with E-state index in [0.717, 1.165) is 57.8 Å². The fourth-order valence-corrected chi connectivity index (χ4v) is 3.92. The molecule has 0 aliphatic carbocycles. The molecule has 0 aromatic carbocycles. The quantitative estimate of drug-likeness (QED) is 0.198. The highest BCUT2D eigenvalue weighted by Gasteiger charge is 2.27. The second kappa shape index (κ2) is 21.1. The maximum Gasteiger partial charge on any atom is 0.0509 e. The van der Waals surface area contributed by atoms with E-state index >= 15 is 0 Å². The van der Waals surface area contributed by atoms with Gasteiger partial charge in [0.2, 0.25) is 0 Å². The van der Waals surface area contributed by atoms with Crippen LogP contribution in [0.15, 0.2) is 0 Å². The van der Waals surface area contributed by atoms with Gasteiger partial charge < -0.3 is 20.4 Å². The molecule has 0 bridgehead atoms. The van der Waals surface area contributed by atoms with Crippen LogP contribution in [0.5, 0.6) is 0 Å². The molecule has 0 radical (unpaired) electrons. The second-order valence-corrected chi connectivity index (χ2v) is 9.11. The first kappa shape index (κ1) is 31.0. The number of rotatable bonds is 19. The van der Waals surface area contributed by atoms with Crippen LogP contribution < -0.4 is 0 Å². The minimum absolute atomic E-state index is 0.122. The first-order valence-electron chi connectivity index (χ1n) is 12.4. The summed E-state index contributed by atoms with van der Waals surface area (Å²) in [6.45, 7) is 9.15. The molecule has 0 amide bonds. The van der Waals surface area contributed by atoms with Crippen LogP contribution in [-0.2, 0) is 0 Å². The third-order valence-corrected chi connectivity index (χ3v) is 6.30. The monoisotopic (exact) mass is 418 g/mol. The summed E-state index contributed by atoms with van der Waals surface area (Å²) in [5.41, 5.74) is -0.410. The third-order valence-electron chi connectivity index (χ3n) is 6.30. The van der Waals surface area contributed by atoms with E-state index in [9.17, 15) is 20.4 Å². The Kier molecular flexibility index (Phi) is 22.6. The molecule has 4 N–H and O–H groups in total.